The Morgan fingerprint density at radius 3 is 2.40 bits per heavy atom. The van der Waals surface area contributed by atoms with E-state index in [9.17, 15) is 23.5 Å². The minimum Gasteiger partial charge on any atom is -0.497 e. The fourth-order valence-electron chi connectivity index (χ4n) is 6.07. The number of aliphatic hydroxyl groups is 1. The molecule has 0 spiro atoms. The minimum atomic E-state index is -1.09. The number of aryl methyl sites for hydroxylation is 1. The van der Waals surface area contributed by atoms with Crippen LogP contribution in [0.4, 0.5) is 8.78 Å². The topological polar surface area (TPSA) is 90.9 Å². The quantitative estimate of drug-likeness (QED) is 0.208. The molecule has 0 aliphatic carbocycles. The third kappa shape index (κ3) is 10.1. The standard InChI is InChI=1S/C36H45F2N3O4/c1-24(2)16-28-14-15-41(36(28)44)33(13-12-25-8-5-4-6-9-25)35(43)40-32(20-27-17-29(37)21-30(38)18-27)34(42)23-39-22-26-10-7-11-31(19-26)45-3/h4-11,17-19,21,24,28,32-34,39,42H,12-16,20,22-23H2,1-3H3,(H,40,43)/t28-,32+,33+,34-/m1/s1. The molecular weight excluding hydrogens is 576 g/mol. The molecule has 4 atom stereocenters. The molecule has 0 aromatic heterocycles. The van der Waals surface area contributed by atoms with E-state index in [2.05, 4.69) is 24.5 Å². The maximum Gasteiger partial charge on any atom is 0.243 e. The molecule has 4 rings (SSSR count). The number of rotatable bonds is 16. The van der Waals surface area contributed by atoms with E-state index < -0.39 is 35.7 Å². The Balaban J connectivity index is 1.52. The van der Waals surface area contributed by atoms with Gasteiger partial charge in [-0.1, -0.05) is 56.3 Å². The number of likely N-dealkylation sites (tertiary alicyclic amines) is 1. The van der Waals surface area contributed by atoms with Gasteiger partial charge in [-0.3, -0.25) is 9.59 Å². The molecule has 1 heterocycles. The van der Waals surface area contributed by atoms with Crippen LogP contribution >= 0.6 is 0 Å². The maximum absolute atomic E-state index is 14.1. The lowest BCUT2D eigenvalue weighted by Gasteiger charge is -2.31. The summed E-state index contributed by atoms with van der Waals surface area (Å²) in [5.41, 5.74) is 2.30. The van der Waals surface area contributed by atoms with Gasteiger partial charge in [0.1, 0.15) is 23.4 Å². The van der Waals surface area contributed by atoms with Crippen molar-refractivity contribution in [1.82, 2.24) is 15.5 Å². The van der Waals surface area contributed by atoms with Gasteiger partial charge in [-0.25, -0.2) is 8.78 Å². The van der Waals surface area contributed by atoms with Gasteiger partial charge in [0.05, 0.1) is 19.3 Å². The number of amides is 2. The van der Waals surface area contributed by atoms with Gasteiger partial charge in [0.25, 0.3) is 0 Å². The molecule has 1 fully saturated rings. The number of benzene rings is 3. The van der Waals surface area contributed by atoms with Crippen molar-refractivity contribution in [2.24, 2.45) is 11.8 Å². The van der Waals surface area contributed by atoms with Crippen LogP contribution in [0, 0.1) is 23.5 Å². The van der Waals surface area contributed by atoms with Gasteiger partial charge in [-0.2, -0.15) is 0 Å². The van der Waals surface area contributed by atoms with Gasteiger partial charge >= 0.3 is 0 Å². The average molecular weight is 622 g/mol. The van der Waals surface area contributed by atoms with Gasteiger partial charge in [0, 0.05) is 31.6 Å². The van der Waals surface area contributed by atoms with Gasteiger partial charge < -0.3 is 25.4 Å². The lowest BCUT2D eigenvalue weighted by molar-refractivity contribution is -0.140. The van der Waals surface area contributed by atoms with Crippen LogP contribution in [0.1, 0.15) is 49.8 Å². The molecular formula is C36H45F2N3O4. The first kappa shape index (κ1) is 34.1. The Morgan fingerprint density at radius 1 is 1.00 bits per heavy atom. The Kier molecular flexibility index (Phi) is 12.5. The number of halogens is 2. The van der Waals surface area contributed by atoms with Crippen LogP contribution in [0.3, 0.4) is 0 Å². The van der Waals surface area contributed by atoms with Crippen LogP contribution in [-0.2, 0) is 29.0 Å². The summed E-state index contributed by atoms with van der Waals surface area (Å²) in [6.45, 7) is 5.18. The van der Waals surface area contributed by atoms with Crippen LogP contribution in [0.2, 0.25) is 0 Å². The summed E-state index contributed by atoms with van der Waals surface area (Å²) in [6.07, 6.45) is 1.34. The molecule has 3 N–H and O–H groups in total. The van der Waals surface area contributed by atoms with E-state index in [1.54, 1.807) is 12.0 Å². The number of carbonyl (C=O) groups excluding carboxylic acids is 2. The maximum atomic E-state index is 14.1. The van der Waals surface area contributed by atoms with Crippen molar-refractivity contribution in [1.29, 1.82) is 0 Å². The average Bonchev–Trinajstić information content (AvgIpc) is 3.35. The number of nitrogens with zero attached hydrogens (tertiary/aromatic N) is 1. The van der Waals surface area contributed by atoms with Gasteiger partial charge in [0.2, 0.25) is 11.8 Å². The molecule has 0 unspecified atom stereocenters. The third-order valence-electron chi connectivity index (χ3n) is 8.32. The number of carbonyl (C=O) groups is 2. The summed E-state index contributed by atoms with van der Waals surface area (Å²) in [5, 5.41) is 17.5. The molecule has 0 saturated carbocycles. The summed E-state index contributed by atoms with van der Waals surface area (Å²) in [7, 11) is 1.59. The molecule has 2 amide bonds. The zero-order valence-electron chi connectivity index (χ0n) is 26.3. The van der Waals surface area contributed by atoms with E-state index >= 15 is 0 Å². The SMILES string of the molecule is COc1cccc(CNC[C@@H](O)[C@H](Cc2cc(F)cc(F)c2)NC(=O)[C@H](CCc2ccccc2)N2CC[C@H](CC(C)C)C2=O)c1. The van der Waals surface area contributed by atoms with Crippen LogP contribution in [0.25, 0.3) is 0 Å². The predicted octanol–water partition coefficient (Wildman–Crippen LogP) is 5.05. The second-order valence-electron chi connectivity index (χ2n) is 12.3. The zero-order valence-corrected chi connectivity index (χ0v) is 26.3. The van der Waals surface area contributed by atoms with Crippen molar-refractivity contribution in [3.8, 4) is 5.75 Å². The van der Waals surface area contributed by atoms with E-state index in [0.717, 1.165) is 23.6 Å². The van der Waals surface area contributed by atoms with Gasteiger partial charge in [0.15, 0.2) is 0 Å². The summed E-state index contributed by atoms with van der Waals surface area (Å²) in [4.78, 5) is 29.2. The molecule has 9 heteroatoms. The van der Waals surface area contributed by atoms with E-state index in [1.807, 2.05) is 54.6 Å². The molecule has 1 aliphatic heterocycles. The molecule has 7 nitrogen and oxygen atoms in total. The number of methoxy groups -OCH3 is 1. The predicted molar refractivity (Wildman–Crippen MR) is 171 cm³/mol. The lowest BCUT2D eigenvalue weighted by Crippen LogP contribution is -2.55. The highest BCUT2D eigenvalue weighted by atomic mass is 19.1. The molecule has 3 aromatic carbocycles. The molecule has 45 heavy (non-hydrogen) atoms. The normalized spacial score (nSPS) is 16.9. The Morgan fingerprint density at radius 2 is 1.71 bits per heavy atom. The number of hydrogen-bond acceptors (Lipinski definition) is 5. The van der Waals surface area contributed by atoms with E-state index in [0.29, 0.717) is 49.6 Å². The Labute approximate surface area is 265 Å². The molecule has 3 aromatic rings. The number of nitrogens with one attached hydrogen (secondary N) is 2. The lowest BCUT2D eigenvalue weighted by atomic mass is 9.96. The van der Waals surface area contributed by atoms with Crippen LogP contribution < -0.4 is 15.4 Å². The zero-order chi connectivity index (χ0) is 32.3. The Bertz CT molecular complexity index is 1380. The summed E-state index contributed by atoms with van der Waals surface area (Å²) in [5.74, 6) is -0.956. The second-order valence-corrected chi connectivity index (χ2v) is 12.3. The fourth-order valence-corrected chi connectivity index (χ4v) is 6.07. The molecule has 1 saturated heterocycles. The Hall–Kier alpha value is -3.82. The molecule has 0 bridgehead atoms. The largest absolute Gasteiger partial charge is 0.497 e. The van der Waals surface area contributed by atoms with Crippen LogP contribution in [0.15, 0.2) is 72.8 Å². The van der Waals surface area contributed by atoms with E-state index in [-0.39, 0.29) is 24.8 Å². The van der Waals surface area contributed by atoms with Gasteiger partial charge in [-0.15, -0.1) is 0 Å². The first-order valence-electron chi connectivity index (χ1n) is 15.7. The second kappa shape index (κ2) is 16.5. The number of hydrogen-bond donors (Lipinski definition) is 3. The van der Waals surface area contributed by atoms with Crippen molar-refractivity contribution < 1.29 is 28.2 Å². The van der Waals surface area contributed by atoms with Crippen LogP contribution in [0.5, 0.6) is 5.75 Å². The van der Waals surface area contributed by atoms with E-state index in [1.165, 1.54) is 12.1 Å². The van der Waals surface area contributed by atoms with Crippen molar-refractivity contribution >= 4 is 11.8 Å². The van der Waals surface area contributed by atoms with Crippen molar-refractivity contribution in [3.05, 3.63) is 101 Å². The highest BCUT2D eigenvalue weighted by Crippen LogP contribution is 2.28. The fraction of sp³-hybridized carbons (Fsp3) is 0.444. The highest BCUT2D eigenvalue weighted by Gasteiger charge is 2.39. The van der Waals surface area contributed by atoms with Gasteiger partial charge in [-0.05, 0) is 79.0 Å². The first-order chi connectivity index (χ1) is 21.6. The van der Waals surface area contributed by atoms with Crippen LogP contribution in [-0.4, -0.2) is 60.2 Å². The summed E-state index contributed by atoms with van der Waals surface area (Å²) >= 11 is 0. The number of aliphatic hydroxyl groups excluding tert-OH is 1. The summed E-state index contributed by atoms with van der Waals surface area (Å²) in [6, 6.07) is 18.9. The van der Waals surface area contributed by atoms with Crippen molar-refractivity contribution in [2.45, 2.75) is 70.7 Å². The first-order valence-corrected chi connectivity index (χ1v) is 15.7. The number of ether oxygens (including phenoxy) is 1. The van der Waals surface area contributed by atoms with Crippen molar-refractivity contribution in [2.75, 3.05) is 20.2 Å². The highest BCUT2D eigenvalue weighted by molar-refractivity contribution is 5.89. The molecule has 0 radical (unpaired) electrons. The summed E-state index contributed by atoms with van der Waals surface area (Å²) < 4.78 is 33.5. The third-order valence-corrected chi connectivity index (χ3v) is 8.32. The van der Waals surface area contributed by atoms with Crippen molar-refractivity contribution in [3.63, 3.8) is 0 Å². The molecule has 242 valence electrons. The molecule has 1 aliphatic rings. The van der Waals surface area contributed by atoms with E-state index in [4.69, 9.17) is 4.74 Å². The monoisotopic (exact) mass is 621 g/mol. The smallest absolute Gasteiger partial charge is 0.243 e. The minimum absolute atomic E-state index is 0.00223.